The normalized spacial score (nSPS) is 13.1. The van der Waals surface area contributed by atoms with Crippen molar-refractivity contribution >= 4 is 65.0 Å². The van der Waals surface area contributed by atoms with Crippen molar-refractivity contribution in [2.45, 2.75) is 216 Å². The van der Waals surface area contributed by atoms with Crippen LogP contribution in [-0.4, -0.2) is 173 Å². The van der Waals surface area contributed by atoms with Crippen LogP contribution in [0.5, 0.6) is 0 Å². The molecule has 0 aromatic heterocycles. The molecular formula is C56H110N18O11. The molecule has 0 spiro atoms. The first-order valence-corrected chi connectivity index (χ1v) is 31.0. The second-order valence-electron chi connectivity index (χ2n) is 21.3. The first-order valence-electron chi connectivity index (χ1n) is 31.0. The topological polar surface area (TPSA) is 516 Å². The number of rotatable bonds is 55. The molecule has 0 radical (unpaired) electrons. The van der Waals surface area contributed by atoms with Crippen LogP contribution in [0.2, 0.25) is 0 Å². The van der Waals surface area contributed by atoms with E-state index in [0.29, 0.717) is 148 Å². The molecule has 0 aliphatic carbocycles. The van der Waals surface area contributed by atoms with E-state index < -0.39 is 83.5 Å². The molecular weight excluding hydrogens is 1100 g/mol. The quantitative estimate of drug-likeness (QED) is 0.0263. The summed E-state index contributed by atoms with van der Waals surface area (Å²) in [6, 6.07) is -4.92. The Morgan fingerprint density at radius 1 is 0.259 bits per heavy atom. The van der Waals surface area contributed by atoms with Crippen molar-refractivity contribution in [1.82, 2.24) is 53.2 Å². The van der Waals surface area contributed by atoms with Gasteiger partial charge >= 0.3 is 0 Å². The fourth-order valence-corrected chi connectivity index (χ4v) is 8.72. The molecule has 0 heterocycles. The minimum atomic E-state index is -0.889. The molecule has 0 saturated heterocycles. The van der Waals surface area contributed by atoms with Crippen molar-refractivity contribution < 1.29 is 52.7 Å². The number of nitrogens with one attached hydrogen (secondary N) is 10. The van der Waals surface area contributed by atoms with Crippen LogP contribution in [0.1, 0.15) is 180 Å². The van der Waals surface area contributed by atoms with Gasteiger partial charge in [0.2, 0.25) is 65.0 Å². The highest BCUT2D eigenvalue weighted by Gasteiger charge is 2.25. The average Bonchev–Trinajstić information content (AvgIpc) is 3.49. The van der Waals surface area contributed by atoms with Crippen LogP contribution >= 0.6 is 0 Å². The molecule has 0 rings (SSSR count). The first-order chi connectivity index (χ1) is 40.9. The summed E-state index contributed by atoms with van der Waals surface area (Å²) < 4.78 is 0. The molecule has 0 aliphatic rings. The number of carbonyl (C=O) groups is 11. The molecule has 0 aromatic carbocycles. The van der Waals surface area contributed by atoms with E-state index in [1.165, 1.54) is 0 Å². The molecule has 0 aliphatic heterocycles. The standard InChI is InChI=1S/C56H110N18O11/c57-29-7-1-18-40(63)52(81)65-35-13-25-47(76)71-42(20-3-9-31-59)54(83)67-37-15-27-49(78)73-44(22-5-11-33-61)56(85)69-39-17-28-50(79)74-45(23-6-12-34-62)55(84)68-38-16-26-48(77)72-43(21-4-10-32-60)53(82)66-36-14-24-46(75)70-41(51(64)80)19-2-8-30-58/h40-45H,1-39,57-63H2,(H2,64,80)(H,65,81)(H,66,82)(H,67,83)(H,68,84)(H,69,85)(H,70,75)(H,71,76)(H,72,77)(H,73,78)(H,74,79)/t40-,41-,42-,43-,44-,45-/m0/s1. The fourth-order valence-electron chi connectivity index (χ4n) is 8.72. The summed E-state index contributed by atoms with van der Waals surface area (Å²) >= 11 is 0. The summed E-state index contributed by atoms with van der Waals surface area (Å²) in [4.78, 5) is 141. The number of amides is 11. The van der Waals surface area contributed by atoms with Crippen LogP contribution < -0.4 is 99.0 Å². The molecule has 6 atom stereocenters. The maximum absolute atomic E-state index is 13.3. The second kappa shape index (κ2) is 52.2. The Morgan fingerprint density at radius 2 is 0.459 bits per heavy atom. The maximum atomic E-state index is 13.3. The number of hydrogen-bond acceptors (Lipinski definition) is 18. The molecule has 11 amide bonds. The Hall–Kier alpha value is -6.11. The van der Waals surface area contributed by atoms with E-state index in [4.69, 9.17) is 45.9 Å². The lowest BCUT2D eigenvalue weighted by molar-refractivity contribution is -0.130. The van der Waals surface area contributed by atoms with Gasteiger partial charge in [0.1, 0.15) is 30.2 Å². The minimum Gasteiger partial charge on any atom is -0.368 e. The Balaban J connectivity index is 5.12. The van der Waals surface area contributed by atoms with Gasteiger partial charge < -0.3 is 99.0 Å². The van der Waals surface area contributed by atoms with Gasteiger partial charge in [-0.25, -0.2) is 0 Å². The Kier molecular flexibility index (Phi) is 48.5. The fraction of sp³-hybridized carbons (Fsp3) is 0.804. The van der Waals surface area contributed by atoms with Gasteiger partial charge in [-0.2, -0.15) is 0 Å². The number of carbonyl (C=O) groups excluding carboxylic acids is 11. The van der Waals surface area contributed by atoms with Crippen LogP contribution in [0, 0.1) is 0 Å². The summed E-state index contributed by atoms with van der Waals surface area (Å²) in [6.07, 6.45) is 11.2. The zero-order valence-electron chi connectivity index (χ0n) is 50.7. The molecule has 0 unspecified atom stereocenters. The SMILES string of the molecule is NCCCC[C@H](NC(=O)CCCNC(=O)[C@H](CCCCN)NC(=O)CCCNC(=O)[C@H](CCCCN)NC(=O)CCCNC(=O)[C@H](CCCCN)NC(=O)CCCNC(=O)[C@H](CCCCN)NC(=O)CCCNC(=O)[C@@H](N)CCCCN)C(N)=O. The van der Waals surface area contributed by atoms with Crippen LogP contribution in [0.25, 0.3) is 0 Å². The van der Waals surface area contributed by atoms with Gasteiger partial charge in [0.05, 0.1) is 6.04 Å². The van der Waals surface area contributed by atoms with E-state index in [2.05, 4.69) is 53.2 Å². The summed E-state index contributed by atoms with van der Waals surface area (Å²) in [5.41, 5.74) is 45.0. The summed E-state index contributed by atoms with van der Waals surface area (Å²) in [7, 11) is 0. The molecule has 0 saturated carbocycles. The summed E-state index contributed by atoms with van der Waals surface area (Å²) in [5.74, 6) is -4.65. The van der Waals surface area contributed by atoms with Crippen LogP contribution in [0.4, 0.5) is 0 Å². The monoisotopic (exact) mass is 1210 g/mol. The summed E-state index contributed by atoms with van der Waals surface area (Å²) in [5, 5.41) is 27.5. The van der Waals surface area contributed by atoms with Crippen molar-refractivity contribution in [2.75, 3.05) is 72.0 Å². The van der Waals surface area contributed by atoms with Gasteiger partial charge in [-0.05, 0) is 181 Å². The third-order valence-corrected chi connectivity index (χ3v) is 13.7. The predicted octanol–water partition coefficient (Wildman–Crippen LogP) is -3.52. The van der Waals surface area contributed by atoms with Crippen LogP contribution in [0.15, 0.2) is 0 Å². The van der Waals surface area contributed by atoms with Crippen molar-refractivity contribution in [3.05, 3.63) is 0 Å². The largest absolute Gasteiger partial charge is 0.368 e. The molecule has 29 nitrogen and oxygen atoms in total. The highest BCUT2D eigenvalue weighted by atomic mass is 16.2. The average molecular weight is 1210 g/mol. The van der Waals surface area contributed by atoms with E-state index in [1.807, 2.05) is 0 Å². The third kappa shape index (κ3) is 42.4. The van der Waals surface area contributed by atoms with E-state index in [-0.39, 0.29) is 108 Å². The van der Waals surface area contributed by atoms with Crippen LogP contribution in [-0.2, 0) is 52.7 Å². The molecule has 29 heteroatoms. The van der Waals surface area contributed by atoms with Gasteiger partial charge in [0.15, 0.2) is 0 Å². The lowest BCUT2D eigenvalue weighted by atomic mass is 10.1. The second-order valence-corrected chi connectivity index (χ2v) is 21.3. The predicted molar refractivity (Wildman–Crippen MR) is 325 cm³/mol. The molecule has 85 heavy (non-hydrogen) atoms. The smallest absolute Gasteiger partial charge is 0.242 e. The van der Waals surface area contributed by atoms with E-state index in [0.717, 1.165) is 12.8 Å². The van der Waals surface area contributed by atoms with Crippen molar-refractivity contribution in [2.24, 2.45) is 45.9 Å². The Morgan fingerprint density at radius 3 is 0.682 bits per heavy atom. The first kappa shape index (κ1) is 78.9. The molecule has 26 N–H and O–H groups in total. The van der Waals surface area contributed by atoms with Gasteiger partial charge in [-0.15, -0.1) is 0 Å². The highest BCUT2D eigenvalue weighted by Crippen LogP contribution is 2.08. The maximum Gasteiger partial charge on any atom is 0.242 e. The number of hydrogen-bond donors (Lipinski definition) is 18. The zero-order chi connectivity index (χ0) is 63.5. The molecule has 0 aromatic rings. The Bertz CT molecular complexity index is 1940. The van der Waals surface area contributed by atoms with E-state index in [9.17, 15) is 52.7 Å². The lowest BCUT2D eigenvalue weighted by Crippen LogP contribution is -2.48. The van der Waals surface area contributed by atoms with E-state index in [1.54, 1.807) is 0 Å². The molecule has 0 fully saturated rings. The number of nitrogens with two attached hydrogens (primary N) is 8. The van der Waals surface area contributed by atoms with Gasteiger partial charge in [0.25, 0.3) is 0 Å². The van der Waals surface area contributed by atoms with Crippen molar-refractivity contribution in [3.8, 4) is 0 Å². The van der Waals surface area contributed by atoms with Crippen molar-refractivity contribution in [1.29, 1.82) is 0 Å². The minimum absolute atomic E-state index is 0.00690. The summed E-state index contributed by atoms with van der Waals surface area (Å²) in [6.45, 7) is 3.31. The van der Waals surface area contributed by atoms with Gasteiger partial charge in [-0.1, -0.05) is 6.42 Å². The lowest BCUT2D eigenvalue weighted by Gasteiger charge is -2.20. The van der Waals surface area contributed by atoms with Crippen molar-refractivity contribution in [3.63, 3.8) is 0 Å². The van der Waals surface area contributed by atoms with E-state index >= 15 is 0 Å². The molecule has 490 valence electrons. The highest BCUT2D eigenvalue weighted by molar-refractivity contribution is 5.90. The zero-order valence-corrected chi connectivity index (χ0v) is 50.7. The number of unbranched alkanes of at least 4 members (excludes halogenated alkanes) is 6. The van der Waals surface area contributed by atoms with Crippen LogP contribution in [0.3, 0.4) is 0 Å². The third-order valence-electron chi connectivity index (χ3n) is 13.7. The van der Waals surface area contributed by atoms with Gasteiger partial charge in [-0.3, -0.25) is 52.7 Å². The van der Waals surface area contributed by atoms with Gasteiger partial charge in [0, 0.05) is 64.8 Å². The Labute approximate surface area is 503 Å². The number of primary amides is 1. The molecule has 0 bridgehead atoms.